The summed E-state index contributed by atoms with van der Waals surface area (Å²) in [6.45, 7) is 5.17. The van der Waals surface area contributed by atoms with Crippen molar-refractivity contribution in [1.29, 1.82) is 0 Å². The first-order chi connectivity index (χ1) is 15.1. The van der Waals surface area contributed by atoms with Crippen molar-refractivity contribution < 1.29 is 19.0 Å². The zero-order valence-electron chi connectivity index (χ0n) is 17.9. The van der Waals surface area contributed by atoms with Gasteiger partial charge in [-0.2, -0.15) is 0 Å². The first-order valence-electron chi connectivity index (χ1n) is 10.1. The number of benzene rings is 2. The lowest BCUT2D eigenvalue weighted by Gasteiger charge is -2.28. The number of amides is 2. The number of pyridine rings is 1. The molecule has 1 aromatic heterocycles. The molecular formula is C23H26N4O4. The molecule has 0 atom stereocenters. The van der Waals surface area contributed by atoms with Crippen LogP contribution < -0.4 is 25.0 Å². The van der Waals surface area contributed by atoms with E-state index in [2.05, 4.69) is 28.5 Å². The Morgan fingerprint density at radius 2 is 1.84 bits per heavy atom. The molecule has 4 rings (SSSR count). The molecule has 0 bridgehead atoms. The molecule has 0 spiro atoms. The van der Waals surface area contributed by atoms with Gasteiger partial charge in [0.2, 0.25) is 0 Å². The molecule has 2 N–H and O–H groups in total. The van der Waals surface area contributed by atoms with Crippen molar-refractivity contribution in [3.05, 3.63) is 48.0 Å². The van der Waals surface area contributed by atoms with Crippen molar-refractivity contribution in [2.24, 2.45) is 0 Å². The summed E-state index contributed by atoms with van der Waals surface area (Å²) in [7, 11) is 3.12. The van der Waals surface area contributed by atoms with Gasteiger partial charge in [0.1, 0.15) is 17.3 Å². The van der Waals surface area contributed by atoms with Gasteiger partial charge in [-0.15, -0.1) is 0 Å². The second-order valence-corrected chi connectivity index (χ2v) is 7.27. The van der Waals surface area contributed by atoms with Gasteiger partial charge in [0.05, 0.1) is 38.6 Å². The molecule has 1 aliphatic rings. The number of aryl methyl sites for hydroxylation is 1. The van der Waals surface area contributed by atoms with E-state index in [4.69, 9.17) is 19.2 Å². The third-order valence-corrected chi connectivity index (χ3v) is 5.25. The van der Waals surface area contributed by atoms with Gasteiger partial charge in [-0.25, -0.2) is 9.78 Å². The molecule has 8 nitrogen and oxygen atoms in total. The number of nitrogens with zero attached hydrogens (tertiary/aromatic N) is 2. The Bertz CT molecular complexity index is 1100. The van der Waals surface area contributed by atoms with E-state index in [-0.39, 0.29) is 6.03 Å². The number of urea groups is 1. The molecule has 2 amide bonds. The summed E-state index contributed by atoms with van der Waals surface area (Å²) in [6, 6.07) is 12.6. The molecule has 1 fully saturated rings. The van der Waals surface area contributed by atoms with Gasteiger partial charge in [0.25, 0.3) is 0 Å². The van der Waals surface area contributed by atoms with Crippen LogP contribution in [0.25, 0.3) is 10.9 Å². The Morgan fingerprint density at radius 1 is 1.03 bits per heavy atom. The first-order valence-corrected chi connectivity index (χ1v) is 10.1. The average Bonchev–Trinajstić information content (AvgIpc) is 2.80. The van der Waals surface area contributed by atoms with E-state index in [0.29, 0.717) is 22.9 Å². The van der Waals surface area contributed by atoms with E-state index in [9.17, 15) is 4.79 Å². The van der Waals surface area contributed by atoms with Crippen molar-refractivity contribution in [3.63, 3.8) is 0 Å². The van der Waals surface area contributed by atoms with Crippen molar-refractivity contribution in [2.45, 2.75) is 6.92 Å². The lowest BCUT2D eigenvalue weighted by atomic mass is 10.1. The Morgan fingerprint density at radius 3 is 2.58 bits per heavy atom. The minimum Gasteiger partial charge on any atom is -0.497 e. The Balaban J connectivity index is 1.51. The van der Waals surface area contributed by atoms with Gasteiger partial charge in [-0.3, -0.25) is 0 Å². The number of carbonyl (C=O) groups excluding carboxylic acids is 1. The molecule has 0 radical (unpaired) electrons. The van der Waals surface area contributed by atoms with Crippen LogP contribution in [-0.2, 0) is 4.74 Å². The zero-order chi connectivity index (χ0) is 21.8. The van der Waals surface area contributed by atoms with Crippen LogP contribution in [-0.4, -0.2) is 51.5 Å². The van der Waals surface area contributed by atoms with Gasteiger partial charge >= 0.3 is 6.03 Å². The molecular weight excluding hydrogens is 396 g/mol. The highest BCUT2D eigenvalue weighted by atomic mass is 16.5. The van der Waals surface area contributed by atoms with Crippen LogP contribution in [0, 0.1) is 6.92 Å². The van der Waals surface area contributed by atoms with E-state index in [0.717, 1.165) is 48.6 Å². The summed E-state index contributed by atoms with van der Waals surface area (Å²) < 4.78 is 15.9. The Kier molecular flexibility index (Phi) is 6.08. The normalized spacial score (nSPS) is 13.7. The number of carbonyl (C=O) groups is 1. The van der Waals surface area contributed by atoms with Gasteiger partial charge < -0.3 is 29.7 Å². The Hall–Kier alpha value is -3.52. The topological polar surface area (TPSA) is 85.0 Å². The summed E-state index contributed by atoms with van der Waals surface area (Å²) in [5.74, 6) is 2.12. The zero-order valence-corrected chi connectivity index (χ0v) is 17.9. The average molecular weight is 422 g/mol. The summed E-state index contributed by atoms with van der Waals surface area (Å²) in [5, 5.41) is 6.68. The predicted octanol–water partition coefficient (Wildman–Crippen LogP) is 4.04. The van der Waals surface area contributed by atoms with Crippen LogP contribution in [0.1, 0.15) is 5.56 Å². The number of methoxy groups -OCH3 is 2. The quantitative estimate of drug-likeness (QED) is 0.646. The number of aromatic nitrogens is 1. The molecule has 31 heavy (non-hydrogen) atoms. The van der Waals surface area contributed by atoms with E-state index >= 15 is 0 Å². The Labute approximate surface area is 181 Å². The SMILES string of the molecule is COc1ccc(NC(=O)Nc2ccc3nc(N4CCOCC4)cc(C)c3c2)c(OC)c1. The number of anilines is 3. The van der Waals surface area contributed by atoms with Crippen molar-refractivity contribution in [1.82, 2.24) is 4.98 Å². The summed E-state index contributed by atoms with van der Waals surface area (Å²) >= 11 is 0. The molecule has 1 aliphatic heterocycles. The lowest BCUT2D eigenvalue weighted by molar-refractivity contribution is 0.122. The predicted molar refractivity (Wildman–Crippen MR) is 122 cm³/mol. The fraction of sp³-hybridized carbons (Fsp3) is 0.304. The smallest absolute Gasteiger partial charge is 0.323 e. The third-order valence-electron chi connectivity index (χ3n) is 5.25. The monoisotopic (exact) mass is 422 g/mol. The number of hydrogen-bond acceptors (Lipinski definition) is 6. The molecule has 8 heteroatoms. The maximum atomic E-state index is 12.5. The largest absolute Gasteiger partial charge is 0.497 e. The first kappa shape index (κ1) is 20.7. The van der Waals surface area contributed by atoms with E-state index in [1.807, 2.05) is 18.2 Å². The van der Waals surface area contributed by atoms with Crippen LogP contribution in [0.5, 0.6) is 11.5 Å². The van der Waals surface area contributed by atoms with Crippen LogP contribution >= 0.6 is 0 Å². The summed E-state index contributed by atoms with van der Waals surface area (Å²) in [5.41, 5.74) is 3.23. The van der Waals surface area contributed by atoms with Crippen molar-refractivity contribution >= 4 is 34.1 Å². The van der Waals surface area contributed by atoms with Gasteiger partial charge in [-0.05, 0) is 48.9 Å². The van der Waals surface area contributed by atoms with Crippen LogP contribution in [0.15, 0.2) is 42.5 Å². The van der Waals surface area contributed by atoms with Gasteiger partial charge in [0.15, 0.2) is 0 Å². The molecule has 3 aromatic rings. The molecule has 2 heterocycles. The standard InChI is InChI=1S/C23H26N4O4/c1-15-12-22(27-8-10-31-11-9-27)25-19-6-4-16(13-18(15)19)24-23(28)26-20-7-5-17(29-2)14-21(20)30-3/h4-7,12-14H,8-11H2,1-3H3,(H2,24,26,28). The maximum Gasteiger partial charge on any atom is 0.323 e. The number of hydrogen-bond donors (Lipinski definition) is 2. The number of morpholine rings is 1. The highest BCUT2D eigenvalue weighted by molar-refractivity contribution is 6.02. The number of rotatable bonds is 5. The third kappa shape index (κ3) is 4.64. The second kappa shape index (κ2) is 9.09. The molecule has 0 aliphatic carbocycles. The summed E-state index contributed by atoms with van der Waals surface area (Å²) in [6.07, 6.45) is 0. The number of fused-ring (bicyclic) bond motifs is 1. The fourth-order valence-corrected chi connectivity index (χ4v) is 3.60. The highest BCUT2D eigenvalue weighted by Gasteiger charge is 2.15. The van der Waals surface area contributed by atoms with E-state index in [1.54, 1.807) is 32.4 Å². The van der Waals surface area contributed by atoms with E-state index < -0.39 is 0 Å². The van der Waals surface area contributed by atoms with Crippen molar-refractivity contribution in [2.75, 3.05) is 56.1 Å². The molecule has 0 unspecified atom stereocenters. The van der Waals surface area contributed by atoms with Crippen molar-refractivity contribution in [3.8, 4) is 11.5 Å². The van der Waals surface area contributed by atoms with Crippen LogP contribution in [0.4, 0.5) is 22.0 Å². The van der Waals surface area contributed by atoms with Crippen LogP contribution in [0.2, 0.25) is 0 Å². The second-order valence-electron chi connectivity index (χ2n) is 7.27. The highest BCUT2D eigenvalue weighted by Crippen LogP contribution is 2.30. The molecule has 0 saturated carbocycles. The van der Waals surface area contributed by atoms with Crippen LogP contribution in [0.3, 0.4) is 0 Å². The van der Waals surface area contributed by atoms with E-state index in [1.165, 1.54) is 0 Å². The van der Waals surface area contributed by atoms with Gasteiger partial charge in [0, 0.05) is 30.2 Å². The summed E-state index contributed by atoms with van der Waals surface area (Å²) in [4.78, 5) is 19.6. The van der Waals surface area contributed by atoms with Gasteiger partial charge in [-0.1, -0.05) is 0 Å². The number of ether oxygens (including phenoxy) is 3. The molecule has 1 saturated heterocycles. The lowest BCUT2D eigenvalue weighted by Crippen LogP contribution is -2.36. The maximum absolute atomic E-state index is 12.5. The molecule has 162 valence electrons. The fourth-order valence-electron chi connectivity index (χ4n) is 3.60. The minimum absolute atomic E-state index is 0.363. The number of nitrogens with one attached hydrogen (secondary N) is 2. The molecule has 2 aromatic carbocycles. The minimum atomic E-state index is -0.363.